The van der Waals surface area contributed by atoms with Crippen molar-refractivity contribution in [2.45, 2.75) is 40.5 Å². The summed E-state index contributed by atoms with van der Waals surface area (Å²) >= 11 is 0. The highest BCUT2D eigenvalue weighted by molar-refractivity contribution is 5.91. The van der Waals surface area contributed by atoms with Gasteiger partial charge < -0.3 is 10.5 Å². The van der Waals surface area contributed by atoms with Crippen molar-refractivity contribution < 1.29 is 9.53 Å². The molecule has 0 aliphatic heterocycles. The number of anilines is 1. The Morgan fingerprint density at radius 2 is 2.00 bits per heavy atom. The number of aryl methyl sites for hydroxylation is 1. The van der Waals surface area contributed by atoms with E-state index in [1.54, 1.807) is 18.2 Å². The quantitative estimate of drug-likeness (QED) is 0.504. The monoisotopic (exact) mass is 249 g/mol. The number of rotatable bonds is 4. The predicted molar refractivity (Wildman–Crippen MR) is 74.6 cm³/mol. The van der Waals surface area contributed by atoms with E-state index in [2.05, 4.69) is 20.8 Å². The molecule has 3 nitrogen and oxygen atoms in total. The summed E-state index contributed by atoms with van der Waals surface area (Å²) < 4.78 is 5.26. The summed E-state index contributed by atoms with van der Waals surface area (Å²) in [6.07, 6.45) is 1.93. The van der Waals surface area contributed by atoms with Gasteiger partial charge in [0, 0.05) is 5.69 Å². The van der Waals surface area contributed by atoms with Crippen LogP contribution in [0.15, 0.2) is 18.2 Å². The highest BCUT2D eigenvalue weighted by atomic mass is 16.5. The Hall–Kier alpha value is -1.51. The Kier molecular flexibility index (Phi) is 4.76. The number of esters is 1. The third-order valence-electron chi connectivity index (χ3n) is 2.77. The first-order valence-electron chi connectivity index (χ1n) is 6.33. The predicted octanol–water partition coefficient (Wildman–Crippen LogP) is 3.56. The molecule has 0 atom stereocenters. The zero-order chi connectivity index (χ0) is 13.8. The highest BCUT2D eigenvalue weighted by Gasteiger charge is 2.12. The fraction of sp³-hybridized carbons (Fsp3) is 0.533. The van der Waals surface area contributed by atoms with E-state index in [9.17, 15) is 4.79 Å². The Morgan fingerprint density at radius 1 is 1.33 bits per heavy atom. The van der Waals surface area contributed by atoms with Crippen molar-refractivity contribution in [1.29, 1.82) is 0 Å². The zero-order valence-corrected chi connectivity index (χ0v) is 11.7. The summed E-state index contributed by atoms with van der Waals surface area (Å²) in [6.45, 7) is 8.87. The van der Waals surface area contributed by atoms with Gasteiger partial charge in [0.25, 0.3) is 0 Å². The Labute approximate surface area is 109 Å². The van der Waals surface area contributed by atoms with Crippen LogP contribution in [-0.2, 0) is 4.74 Å². The van der Waals surface area contributed by atoms with E-state index in [0.717, 1.165) is 18.4 Å². The van der Waals surface area contributed by atoms with Crippen LogP contribution in [0.1, 0.15) is 49.5 Å². The lowest BCUT2D eigenvalue weighted by Crippen LogP contribution is -2.11. The lowest BCUT2D eigenvalue weighted by Gasteiger charge is -2.17. The van der Waals surface area contributed by atoms with Gasteiger partial charge in [-0.15, -0.1) is 0 Å². The first kappa shape index (κ1) is 14.6. The van der Waals surface area contributed by atoms with Crippen LogP contribution in [0.25, 0.3) is 0 Å². The summed E-state index contributed by atoms with van der Waals surface area (Å²) in [5.41, 5.74) is 8.04. The minimum absolute atomic E-state index is 0.263. The largest absolute Gasteiger partial charge is 0.462 e. The van der Waals surface area contributed by atoms with E-state index in [4.69, 9.17) is 10.5 Å². The van der Waals surface area contributed by atoms with Crippen LogP contribution in [0, 0.1) is 12.3 Å². The molecule has 0 bridgehead atoms. The van der Waals surface area contributed by atoms with Crippen molar-refractivity contribution in [2.75, 3.05) is 12.3 Å². The molecule has 0 spiro atoms. The molecule has 0 unspecified atom stereocenters. The first-order chi connectivity index (χ1) is 8.29. The minimum Gasteiger partial charge on any atom is -0.462 e. The Morgan fingerprint density at radius 3 is 2.56 bits per heavy atom. The summed E-state index contributed by atoms with van der Waals surface area (Å²) in [7, 11) is 0. The average Bonchev–Trinajstić information content (AvgIpc) is 2.22. The van der Waals surface area contributed by atoms with E-state index >= 15 is 0 Å². The topological polar surface area (TPSA) is 52.3 Å². The number of benzene rings is 1. The molecular weight excluding hydrogens is 226 g/mol. The van der Waals surface area contributed by atoms with Gasteiger partial charge in [-0.25, -0.2) is 4.79 Å². The van der Waals surface area contributed by atoms with E-state index in [1.807, 2.05) is 6.92 Å². The second-order valence-electron chi connectivity index (χ2n) is 5.87. The van der Waals surface area contributed by atoms with Crippen LogP contribution in [0.5, 0.6) is 0 Å². The van der Waals surface area contributed by atoms with Crippen LogP contribution < -0.4 is 5.73 Å². The molecule has 0 aliphatic carbocycles. The van der Waals surface area contributed by atoms with Crippen molar-refractivity contribution in [1.82, 2.24) is 0 Å². The van der Waals surface area contributed by atoms with Gasteiger partial charge in [0.1, 0.15) is 0 Å². The lowest BCUT2D eigenvalue weighted by atomic mass is 9.91. The molecule has 1 aromatic rings. The number of carbonyl (C=O) groups excluding carboxylic acids is 1. The van der Waals surface area contributed by atoms with Crippen LogP contribution >= 0.6 is 0 Å². The SMILES string of the molecule is Cc1cc(N)ccc1C(=O)OCCCC(C)(C)C. The highest BCUT2D eigenvalue weighted by Crippen LogP contribution is 2.20. The molecule has 2 N–H and O–H groups in total. The molecule has 0 fully saturated rings. The molecule has 1 rings (SSSR count). The van der Waals surface area contributed by atoms with Gasteiger partial charge in [-0.3, -0.25) is 0 Å². The molecule has 0 saturated carbocycles. The molecule has 18 heavy (non-hydrogen) atoms. The molecule has 0 aromatic heterocycles. The molecule has 100 valence electrons. The van der Waals surface area contributed by atoms with E-state index in [0.29, 0.717) is 17.9 Å². The van der Waals surface area contributed by atoms with Gasteiger partial charge in [-0.1, -0.05) is 20.8 Å². The lowest BCUT2D eigenvalue weighted by molar-refractivity contribution is 0.0487. The van der Waals surface area contributed by atoms with Crippen molar-refractivity contribution in [2.24, 2.45) is 5.41 Å². The molecule has 0 amide bonds. The normalized spacial score (nSPS) is 11.3. The third kappa shape index (κ3) is 4.78. The number of ether oxygens (including phenoxy) is 1. The van der Waals surface area contributed by atoms with Crippen molar-refractivity contribution >= 4 is 11.7 Å². The summed E-state index contributed by atoms with van der Waals surface area (Å²) in [5, 5.41) is 0. The molecule has 0 saturated heterocycles. The fourth-order valence-electron chi connectivity index (χ4n) is 1.76. The Balaban J connectivity index is 2.46. The first-order valence-corrected chi connectivity index (χ1v) is 6.33. The molecule has 1 aromatic carbocycles. The summed E-state index contributed by atoms with van der Waals surface area (Å²) in [5.74, 6) is -0.263. The number of nitrogen functional groups attached to an aromatic ring is 1. The summed E-state index contributed by atoms with van der Waals surface area (Å²) in [6, 6.07) is 5.22. The standard InChI is InChI=1S/C15H23NO2/c1-11-10-12(16)6-7-13(11)14(17)18-9-5-8-15(2,3)4/h6-7,10H,5,8-9,16H2,1-4H3. The third-order valence-corrected chi connectivity index (χ3v) is 2.77. The van der Waals surface area contributed by atoms with Crippen molar-refractivity contribution in [3.8, 4) is 0 Å². The van der Waals surface area contributed by atoms with Gasteiger partial charge in [-0.05, 0) is 48.9 Å². The van der Waals surface area contributed by atoms with Gasteiger partial charge in [0.05, 0.1) is 12.2 Å². The maximum absolute atomic E-state index is 11.8. The van der Waals surface area contributed by atoms with Crippen LogP contribution in [0.2, 0.25) is 0 Å². The van der Waals surface area contributed by atoms with Gasteiger partial charge >= 0.3 is 5.97 Å². The summed E-state index contributed by atoms with van der Waals surface area (Å²) in [4.78, 5) is 11.8. The maximum Gasteiger partial charge on any atom is 0.338 e. The maximum atomic E-state index is 11.8. The molecule has 0 heterocycles. The second kappa shape index (κ2) is 5.89. The van der Waals surface area contributed by atoms with Crippen LogP contribution in [0.3, 0.4) is 0 Å². The Bertz CT molecular complexity index is 419. The number of carbonyl (C=O) groups is 1. The molecule has 0 radical (unpaired) electrons. The van der Waals surface area contributed by atoms with E-state index < -0.39 is 0 Å². The van der Waals surface area contributed by atoms with Crippen molar-refractivity contribution in [3.05, 3.63) is 29.3 Å². The van der Waals surface area contributed by atoms with E-state index in [1.165, 1.54) is 0 Å². The fourth-order valence-corrected chi connectivity index (χ4v) is 1.76. The molecular formula is C15H23NO2. The second-order valence-corrected chi connectivity index (χ2v) is 5.87. The van der Waals surface area contributed by atoms with Gasteiger partial charge in [0.2, 0.25) is 0 Å². The number of hydrogen-bond acceptors (Lipinski definition) is 3. The molecule has 3 heteroatoms. The molecule has 0 aliphatic rings. The van der Waals surface area contributed by atoms with Crippen LogP contribution in [-0.4, -0.2) is 12.6 Å². The van der Waals surface area contributed by atoms with Crippen molar-refractivity contribution in [3.63, 3.8) is 0 Å². The minimum atomic E-state index is -0.263. The smallest absolute Gasteiger partial charge is 0.338 e. The van der Waals surface area contributed by atoms with Gasteiger partial charge in [-0.2, -0.15) is 0 Å². The zero-order valence-electron chi connectivity index (χ0n) is 11.7. The van der Waals surface area contributed by atoms with Crippen LogP contribution in [0.4, 0.5) is 5.69 Å². The average molecular weight is 249 g/mol. The van der Waals surface area contributed by atoms with Gasteiger partial charge in [0.15, 0.2) is 0 Å². The van der Waals surface area contributed by atoms with E-state index in [-0.39, 0.29) is 11.4 Å². The number of hydrogen-bond donors (Lipinski definition) is 1. The number of nitrogens with two attached hydrogens (primary N) is 1.